The number of carbonyl (C=O) groups excluding carboxylic acids is 2. The molecule has 1 heterocycles. The zero-order valence-electron chi connectivity index (χ0n) is 14.2. The van der Waals surface area contributed by atoms with E-state index in [2.05, 4.69) is 5.32 Å². The van der Waals surface area contributed by atoms with Crippen LogP contribution in [0.5, 0.6) is 0 Å². The minimum Gasteiger partial charge on any atom is -0.550 e. The topological polar surface area (TPSA) is 82.9 Å². The number of carboxylic acid groups (broad SMARTS) is 1. The van der Waals surface area contributed by atoms with Gasteiger partial charge in [0.2, 0.25) is 5.91 Å². The second-order valence-corrected chi connectivity index (χ2v) is 6.70. The van der Waals surface area contributed by atoms with Gasteiger partial charge in [0.15, 0.2) is 0 Å². The predicted molar refractivity (Wildman–Crippen MR) is 90.7 cm³/mol. The lowest BCUT2D eigenvalue weighted by atomic mass is 9.82. The monoisotopic (exact) mass is 344 g/mol. The van der Waals surface area contributed by atoms with E-state index in [1.54, 1.807) is 6.08 Å². The Bertz CT molecular complexity index is 635. The quantitative estimate of drug-likeness (QED) is 0.697. The molecule has 1 aliphatic carbocycles. The number of carbonyl (C=O) groups is 2. The van der Waals surface area contributed by atoms with E-state index in [4.69, 9.17) is 4.74 Å². The summed E-state index contributed by atoms with van der Waals surface area (Å²) in [6.07, 6.45) is 4.44. The SMILES string of the molecule is O=C([O-])[C@@H]1CC=CC[C@H]1C(=O)Nc1ccc(C[NH+]2CCOCC2)cc1. The molecule has 0 spiro atoms. The number of quaternary nitrogens is 1. The summed E-state index contributed by atoms with van der Waals surface area (Å²) in [6, 6.07) is 7.77. The molecule has 3 rings (SSSR count). The molecule has 2 aliphatic rings. The highest BCUT2D eigenvalue weighted by molar-refractivity contribution is 5.95. The normalized spacial score (nSPS) is 24.0. The van der Waals surface area contributed by atoms with Gasteiger partial charge in [-0.3, -0.25) is 4.79 Å². The summed E-state index contributed by atoms with van der Waals surface area (Å²) in [5, 5.41) is 14.1. The van der Waals surface area contributed by atoms with Crippen LogP contribution in [0, 0.1) is 11.8 Å². The van der Waals surface area contributed by atoms with Gasteiger partial charge in [-0.1, -0.05) is 24.3 Å². The van der Waals surface area contributed by atoms with E-state index >= 15 is 0 Å². The molecular weight excluding hydrogens is 320 g/mol. The highest BCUT2D eigenvalue weighted by Gasteiger charge is 2.29. The molecule has 1 aliphatic heterocycles. The van der Waals surface area contributed by atoms with Gasteiger partial charge >= 0.3 is 0 Å². The molecule has 0 unspecified atom stereocenters. The van der Waals surface area contributed by atoms with Crippen LogP contribution in [0.4, 0.5) is 5.69 Å². The number of hydrogen-bond donors (Lipinski definition) is 2. The number of morpholine rings is 1. The first-order valence-corrected chi connectivity index (χ1v) is 8.80. The second kappa shape index (κ2) is 8.27. The van der Waals surface area contributed by atoms with Crippen LogP contribution < -0.4 is 15.3 Å². The fraction of sp³-hybridized carbons (Fsp3) is 0.474. The lowest BCUT2D eigenvalue weighted by Crippen LogP contribution is -3.12. The highest BCUT2D eigenvalue weighted by Crippen LogP contribution is 2.26. The average molecular weight is 344 g/mol. The van der Waals surface area contributed by atoms with Crippen molar-refractivity contribution in [3.63, 3.8) is 0 Å². The number of anilines is 1. The van der Waals surface area contributed by atoms with E-state index in [9.17, 15) is 14.7 Å². The number of allylic oxidation sites excluding steroid dienone is 2. The Morgan fingerprint density at radius 3 is 2.36 bits per heavy atom. The van der Waals surface area contributed by atoms with Crippen LogP contribution in [-0.4, -0.2) is 38.2 Å². The minimum absolute atomic E-state index is 0.259. The van der Waals surface area contributed by atoms with Crippen molar-refractivity contribution in [3.05, 3.63) is 42.0 Å². The molecule has 1 aromatic rings. The van der Waals surface area contributed by atoms with Gasteiger partial charge in [0.1, 0.15) is 19.6 Å². The number of nitrogens with one attached hydrogen (secondary N) is 2. The molecule has 6 heteroatoms. The first kappa shape index (κ1) is 17.6. The van der Waals surface area contributed by atoms with Crippen LogP contribution in [0.25, 0.3) is 0 Å². The molecular formula is C19H24N2O4. The van der Waals surface area contributed by atoms with E-state index in [-0.39, 0.29) is 5.91 Å². The lowest BCUT2D eigenvalue weighted by Gasteiger charge is -2.28. The smallest absolute Gasteiger partial charge is 0.228 e. The number of aliphatic carboxylic acids is 1. The molecule has 2 atom stereocenters. The summed E-state index contributed by atoms with van der Waals surface area (Å²) in [5.41, 5.74) is 1.90. The first-order valence-electron chi connectivity index (χ1n) is 8.80. The third-order valence-corrected chi connectivity index (χ3v) is 4.95. The number of rotatable bonds is 5. The third kappa shape index (κ3) is 4.67. The molecule has 2 N–H and O–H groups in total. The first-order chi connectivity index (χ1) is 12.1. The van der Waals surface area contributed by atoms with Crippen LogP contribution in [0.1, 0.15) is 18.4 Å². The molecule has 25 heavy (non-hydrogen) atoms. The number of amides is 1. The fourth-order valence-corrected chi connectivity index (χ4v) is 3.43. The molecule has 0 aromatic heterocycles. The Morgan fingerprint density at radius 2 is 1.72 bits per heavy atom. The number of carboxylic acids is 1. The molecule has 0 bridgehead atoms. The van der Waals surface area contributed by atoms with Crippen LogP contribution in [0.3, 0.4) is 0 Å². The Labute approximate surface area is 147 Å². The van der Waals surface area contributed by atoms with Gasteiger partial charge in [0.25, 0.3) is 0 Å². The number of benzene rings is 1. The van der Waals surface area contributed by atoms with Crippen LogP contribution in [-0.2, 0) is 20.9 Å². The standard InChI is InChI=1S/C19H24N2O4/c22-18(16-3-1-2-4-17(16)19(23)24)20-15-7-5-14(6-8-15)13-21-9-11-25-12-10-21/h1-2,5-8,16-17H,3-4,9-13H2,(H,20,22)(H,23,24)/t16-,17-/m1/s1. The Hall–Kier alpha value is -2.18. The van der Waals surface area contributed by atoms with E-state index in [0.717, 1.165) is 32.8 Å². The van der Waals surface area contributed by atoms with Crippen molar-refractivity contribution in [2.24, 2.45) is 11.8 Å². The van der Waals surface area contributed by atoms with Crippen molar-refractivity contribution in [3.8, 4) is 0 Å². The van der Waals surface area contributed by atoms with Crippen molar-refractivity contribution in [1.82, 2.24) is 0 Å². The maximum absolute atomic E-state index is 12.4. The highest BCUT2D eigenvalue weighted by atomic mass is 16.5. The summed E-state index contributed by atoms with van der Waals surface area (Å²) in [4.78, 5) is 25.1. The summed E-state index contributed by atoms with van der Waals surface area (Å²) < 4.78 is 5.36. The largest absolute Gasteiger partial charge is 0.550 e. The molecule has 134 valence electrons. The van der Waals surface area contributed by atoms with Crippen molar-refractivity contribution in [1.29, 1.82) is 0 Å². The van der Waals surface area contributed by atoms with Crippen LogP contribution in [0.2, 0.25) is 0 Å². The van der Waals surface area contributed by atoms with Gasteiger partial charge in [-0.05, 0) is 25.0 Å². The van der Waals surface area contributed by atoms with Gasteiger partial charge in [-0.15, -0.1) is 0 Å². The van der Waals surface area contributed by atoms with E-state index in [1.165, 1.54) is 10.5 Å². The van der Waals surface area contributed by atoms with Gasteiger partial charge in [-0.25, -0.2) is 0 Å². The summed E-state index contributed by atoms with van der Waals surface area (Å²) >= 11 is 0. The lowest BCUT2D eigenvalue weighted by molar-refractivity contribution is -0.921. The maximum Gasteiger partial charge on any atom is 0.228 e. The molecule has 1 saturated heterocycles. The van der Waals surface area contributed by atoms with Crippen LogP contribution >= 0.6 is 0 Å². The van der Waals surface area contributed by atoms with Crippen molar-refractivity contribution in [2.75, 3.05) is 31.6 Å². The average Bonchev–Trinajstić information content (AvgIpc) is 2.64. The van der Waals surface area contributed by atoms with Crippen molar-refractivity contribution >= 4 is 17.6 Å². The Morgan fingerprint density at radius 1 is 1.08 bits per heavy atom. The van der Waals surface area contributed by atoms with Crippen molar-refractivity contribution in [2.45, 2.75) is 19.4 Å². The summed E-state index contributed by atoms with van der Waals surface area (Å²) in [6.45, 7) is 4.58. The van der Waals surface area contributed by atoms with Crippen LogP contribution in [0.15, 0.2) is 36.4 Å². The number of ether oxygens (including phenoxy) is 1. The van der Waals surface area contributed by atoms with Gasteiger partial charge in [-0.2, -0.15) is 0 Å². The Kier molecular flexibility index (Phi) is 5.83. The predicted octanol–water partition coefficient (Wildman–Crippen LogP) is -0.627. The number of hydrogen-bond acceptors (Lipinski definition) is 4. The molecule has 1 fully saturated rings. The van der Waals surface area contributed by atoms with Gasteiger partial charge < -0.3 is 24.9 Å². The second-order valence-electron chi connectivity index (χ2n) is 6.70. The van der Waals surface area contributed by atoms with Gasteiger partial charge in [0, 0.05) is 23.1 Å². The third-order valence-electron chi connectivity index (χ3n) is 4.95. The molecule has 0 saturated carbocycles. The van der Waals surface area contributed by atoms with Gasteiger partial charge in [0.05, 0.1) is 19.1 Å². The van der Waals surface area contributed by atoms with E-state index in [0.29, 0.717) is 18.5 Å². The molecule has 1 amide bonds. The minimum atomic E-state index is -1.16. The van der Waals surface area contributed by atoms with E-state index < -0.39 is 17.8 Å². The molecule has 1 aromatic carbocycles. The maximum atomic E-state index is 12.4. The summed E-state index contributed by atoms with van der Waals surface area (Å²) in [7, 11) is 0. The van der Waals surface area contributed by atoms with E-state index in [1.807, 2.05) is 30.3 Å². The molecule has 6 nitrogen and oxygen atoms in total. The fourth-order valence-electron chi connectivity index (χ4n) is 3.43. The summed E-state index contributed by atoms with van der Waals surface area (Å²) in [5.74, 6) is -2.75. The van der Waals surface area contributed by atoms with Crippen molar-refractivity contribution < 1.29 is 24.3 Å². The zero-order valence-corrected chi connectivity index (χ0v) is 14.2. The zero-order chi connectivity index (χ0) is 17.6. The molecule has 0 radical (unpaired) electrons. The Balaban J connectivity index is 1.57.